The van der Waals surface area contributed by atoms with Crippen LogP contribution in [0.2, 0.25) is 0 Å². The standard InChI is InChI=1S/C12H27NO3/c1-6-13-11(9-16-10(4)5)12(14-7-2)15-8-3/h10-13H,6-9H2,1-5H3. The zero-order valence-corrected chi connectivity index (χ0v) is 11.3. The number of hydrogen-bond donors (Lipinski definition) is 1. The summed E-state index contributed by atoms with van der Waals surface area (Å²) in [6.07, 6.45) is -0.00115. The molecule has 0 radical (unpaired) electrons. The van der Waals surface area contributed by atoms with Crippen LogP contribution >= 0.6 is 0 Å². The minimum Gasteiger partial charge on any atom is -0.377 e. The largest absolute Gasteiger partial charge is 0.377 e. The maximum absolute atomic E-state index is 5.61. The van der Waals surface area contributed by atoms with Gasteiger partial charge in [-0.2, -0.15) is 0 Å². The number of likely N-dealkylation sites (N-methyl/N-ethyl adjacent to an activating group) is 1. The monoisotopic (exact) mass is 233 g/mol. The number of hydrogen-bond acceptors (Lipinski definition) is 4. The van der Waals surface area contributed by atoms with Crippen molar-refractivity contribution in [2.24, 2.45) is 0 Å². The summed E-state index contributed by atoms with van der Waals surface area (Å²) in [7, 11) is 0. The first-order chi connectivity index (χ1) is 7.65. The highest BCUT2D eigenvalue weighted by atomic mass is 16.7. The van der Waals surface area contributed by atoms with E-state index in [1.165, 1.54) is 0 Å². The second kappa shape index (κ2) is 10.0. The molecule has 0 rings (SSSR count). The maximum atomic E-state index is 5.61. The fourth-order valence-corrected chi connectivity index (χ4v) is 1.40. The Kier molecular flexibility index (Phi) is 9.92. The van der Waals surface area contributed by atoms with Crippen molar-refractivity contribution in [1.82, 2.24) is 5.32 Å². The molecule has 0 aliphatic heterocycles. The van der Waals surface area contributed by atoms with Gasteiger partial charge >= 0.3 is 0 Å². The van der Waals surface area contributed by atoms with E-state index in [2.05, 4.69) is 12.2 Å². The third kappa shape index (κ3) is 7.17. The van der Waals surface area contributed by atoms with Gasteiger partial charge in [0, 0.05) is 13.2 Å². The van der Waals surface area contributed by atoms with Crippen molar-refractivity contribution in [3.05, 3.63) is 0 Å². The molecule has 4 nitrogen and oxygen atoms in total. The Morgan fingerprint density at radius 2 is 1.50 bits per heavy atom. The van der Waals surface area contributed by atoms with Crippen molar-refractivity contribution < 1.29 is 14.2 Å². The molecule has 1 N–H and O–H groups in total. The third-order valence-electron chi connectivity index (χ3n) is 2.07. The lowest BCUT2D eigenvalue weighted by atomic mass is 10.3. The summed E-state index contributed by atoms with van der Waals surface area (Å²) in [6, 6.07) is 0.0901. The molecule has 0 spiro atoms. The van der Waals surface area contributed by atoms with Crippen molar-refractivity contribution in [2.75, 3.05) is 26.4 Å². The Morgan fingerprint density at radius 3 is 1.88 bits per heavy atom. The van der Waals surface area contributed by atoms with Gasteiger partial charge in [0.2, 0.25) is 0 Å². The molecule has 0 aromatic carbocycles. The summed E-state index contributed by atoms with van der Waals surface area (Å²) in [4.78, 5) is 0. The summed E-state index contributed by atoms with van der Waals surface area (Å²) in [5.41, 5.74) is 0. The number of rotatable bonds is 10. The first-order valence-corrected chi connectivity index (χ1v) is 6.23. The lowest BCUT2D eigenvalue weighted by Gasteiger charge is -2.27. The van der Waals surface area contributed by atoms with Crippen molar-refractivity contribution in [1.29, 1.82) is 0 Å². The molecule has 0 aliphatic rings. The van der Waals surface area contributed by atoms with Gasteiger partial charge < -0.3 is 19.5 Å². The van der Waals surface area contributed by atoms with Crippen LogP contribution in [0.15, 0.2) is 0 Å². The van der Waals surface area contributed by atoms with Crippen LogP contribution in [-0.2, 0) is 14.2 Å². The summed E-state index contributed by atoms with van der Waals surface area (Å²) >= 11 is 0. The van der Waals surface area contributed by atoms with Crippen LogP contribution in [0, 0.1) is 0 Å². The Labute approximate surface area is 99.6 Å². The van der Waals surface area contributed by atoms with E-state index >= 15 is 0 Å². The molecule has 0 aliphatic carbocycles. The van der Waals surface area contributed by atoms with Crippen LogP contribution in [0.4, 0.5) is 0 Å². The highest BCUT2D eigenvalue weighted by Crippen LogP contribution is 2.04. The van der Waals surface area contributed by atoms with Crippen LogP contribution < -0.4 is 5.32 Å². The molecule has 0 aromatic rings. The van der Waals surface area contributed by atoms with E-state index in [0.717, 1.165) is 6.54 Å². The fraction of sp³-hybridized carbons (Fsp3) is 1.00. The normalized spacial score (nSPS) is 13.7. The topological polar surface area (TPSA) is 39.7 Å². The molecular formula is C12H27NO3. The van der Waals surface area contributed by atoms with Gasteiger partial charge in [-0.25, -0.2) is 0 Å². The van der Waals surface area contributed by atoms with Gasteiger partial charge in [-0.1, -0.05) is 6.92 Å². The minimum atomic E-state index is -0.228. The minimum absolute atomic E-state index is 0.0901. The second-order valence-corrected chi connectivity index (χ2v) is 3.83. The summed E-state index contributed by atoms with van der Waals surface area (Å²) in [6.45, 7) is 12.8. The molecule has 4 heteroatoms. The SMILES string of the molecule is CCNC(COC(C)C)C(OCC)OCC. The molecule has 16 heavy (non-hydrogen) atoms. The van der Waals surface area contributed by atoms with E-state index < -0.39 is 0 Å². The molecule has 98 valence electrons. The van der Waals surface area contributed by atoms with Crippen molar-refractivity contribution >= 4 is 0 Å². The van der Waals surface area contributed by atoms with Gasteiger partial charge in [0.25, 0.3) is 0 Å². The third-order valence-corrected chi connectivity index (χ3v) is 2.07. The molecule has 0 bridgehead atoms. The molecule has 1 atom stereocenters. The molecule has 0 amide bonds. The maximum Gasteiger partial charge on any atom is 0.174 e. The van der Waals surface area contributed by atoms with Gasteiger partial charge in [0.05, 0.1) is 18.8 Å². The van der Waals surface area contributed by atoms with Crippen LogP contribution in [0.5, 0.6) is 0 Å². The van der Waals surface area contributed by atoms with E-state index in [1.807, 2.05) is 27.7 Å². The summed E-state index contributed by atoms with van der Waals surface area (Å²) < 4.78 is 16.7. The van der Waals surface area contributed by atoms with Gasteiger partial charge in [0.15, 0.2) is 6.29 Å². The van der Waals surface area contributed by atoms with Gasteiger partial charge in [-0.15, -0.1) is 0 Å². The lowest BCUT2D eigenvalue weighted by molar-refractivity contribution is -0.164. The van der Waals surface area contributed by atoms with E-state index in [-0.39, 0.29) is 18.4 Å². The van der Waals surface area contributed by atoms with Crippen LogP contribution in [0.25, 0.3) is 0 Å². The first-order valence-electron chi connectivity index (χ1n) is 6.23. The first kappa shape index (κ1) is 15.8. The Balaban J connectivity index is 4.19. The van der Waals surface area contributed by atoms with Crippen LogP contribution in [0.3, 0.4) is 0 Å². The molecule has 0 saturated carbocycles. The molecule has 0 fully saturated rings. The Morgan fingerprint density at radius 1 is 0.938 bits per heavy atom. The quantitative estimate of drug-likeness (QED) is 0.584. The van der Waals surface area contributed by atoms with Gasteiger partial charge in [-0.3, -0.25) is 0 Å². The highest BCUT2D eigenvalue weighted by molar-refractivity contribution is 4.70. The number of nitrogens with one attached hydrogen (secondary N) is 1. The van der Waals surface area contributed by atoms with E-state index in [4.69, 9.17) is 14.2 Å². The summed E-state index contributed by atoms with van der Waals surface area (Å²) in [5, 5.41) is 3.33. The fourth-order valence-electron chi connectivity index (χ4n) is 1.40. The highest BCUT2D eigenvalue weighted by Gasteiger charge is 2.21. The van der Waals surface area contributed by atoms with E-state index in [0.29, 0.717) is 19.8 Å². The zero-order valence-electron chi connectivity index (χ0n) is 11.3. The van der Waals surface area contributed by atoms with Gasteiger partial charge in [0.1, 0.15) is 0 Å². The Bertz CT molecular complexity index is 147. The van der Waals surface area contributed by atoms with Crippen molar-refractivity contribution in [3.63, 3.8) is 0 Å². The lowest BCUT2D eigenvalue weighted by Crippen LogP contribution is -2.46. The molecule has 0 aromatic heterocycles. The van der Waals surface area contributed by atoms with E-state index in [1.54, 1.807) is 0 Å². The zero-order chi connectivity index (χ0) is 12.4. The predicted octanol–water partition coefficient (Wildman–Crippen LogP) is 1.79. The number of ether oxygens (including phenoxy) is 3. The molecule has 0 saturated heterocycles. The van der Waals surface area contributed by atoms with Crippen molar-refractivity contribution in [3.8, 4) is 0 Å². The average molecular weight is 233 g/mol. The molecule has 0 heterocycles. The second-order valence-electron chi connectivity index (χ2n) is 3.83. The smallest absolute Gasteiger partial charge is 0.174 e. The molecular weight excluding hydrogens is 206 g/mol. The average Bonchev–Trinajstić information content (AvgIpc) is 2.24. The molecule has 1 unspecified atom stereocenters. The Hall–Kier alpha value is -0.160. The van der Waals surface area contributed by atoms with Gasteiger partial charge in [-0.05, 0) is 34.2 Å². The van der Waals surface area contributed by atoms with Crippen LogP contribution in [0.1, 0.15) is 34.6 Å². The summed E-state index contributed by atoms with van der Waals surface area (Å²) in [5.74, 6) is 0. The predicted molar refractivity (Wildman–Crippen MR) is 65.6 cm³/mol. The van der Waals surface area contributed by atoms with E-state index in [9.17, 15) is 0 Å². The van der Waals surface area contributed by atoms with Crippen LogP contribution in [-0.4, -0.2) is 44.8 Å². The van der Waals surface area contributed by atoms with Crippen molar-refractivity contribution in [2.45, 2.75) is 53.1 Å².